The Morgan fingerprint density at radius 1 is 0.968 bits per heavy atom. The minimum absolute atomic E-state index is 0.0489. The first-order valence-electron chi connectivity index (χ1n) is 10.1. The van der Waals surface area contributed by atoms with E-state index in [-0.39, 0.29) is 24.7 Å². The summed E-state index contributed by atoms with van der Waals surface area (Å²) in [5.41, 5.74) is 2.48. The molecule has 0 radical (unpaired) electrons. The second kappa shape index (κ2) is 12.1. The summed E-state index contributed by atoms with van der Waals surface area (Å²) in [5, 5.41) is 6.15. The third-order valence-corrected chi connectivity index (χ3v) is 5.70. The Balaban J connectivity index is 1.86. The average Bonchev–Trinajstić information content (AvgIpc) is 2.76. The molecule has 2 aromatic carbocycles. The Morgan fingerprint density at radius 3 is 2.26 bits per heavy atom. The topological polar surface area (TPSA) is 103 Å². The van der Waals surface area contributed by atoms with Crippen LogP contribution >= 0.6 is 0 Å². The van der Waals surface area contributed by atoms with Crippen LogP contribution in [-0.2, 0) is 23.1 Å². The first kappa shape index (κ1) is 24.4. The normalized spacial score (nSPS) is 11.8. The van der Waals surface area contributed by atoms with Crippen molar-refractivity contribution < 1.29 is 13.2 Å². The van der Waals surface area contributed by atoms with E-state index in [1.54, 1.807) is 26.2 Å². The van der Waals surface area contributed by atoms with E-state index in [1.807, 2.05) is 49.4 Å². The van der Waals surface area contributed by atoms with Gasteiger partial charge >= 0.3 is 0 Å². The molecule has 0 heterocycles. The Bertz CT molecular complexity index is 958. The van der Waals surface area contributed by atoms with Gasteiger partial charge in [0.1, 0.15) is 0 Å². The van der Waals surface area contributed by atoms with Gasteiger partial charge in [0.25, 0.3) is 5.91 Å². The number of nitrogens with one attached hydrogen (secondary N) is 3. The van der Waals surface area contributed by atoms with E-state index in [0.717, 1.165) is 11.1 Å². The van der Waals surface area contributed by atoms with E-state index >= 15 is 0 Å². The van der Waals surface area contributed by atoms with Gasteiger partial charge in [-0.3, -0.25) is 4.79 Å². The third-order valence-electron chi connectivity index (χ3n) is 4.37. The molecule has 8 nitrogen and oxygen atoms in total. The summed E-state index contributed by atoms with van der Waals surface area (Å²) in [6, 6.07) is 16.7. The van der Waals surface area contributed by atoms with Crippen LogP contribution in [0.15, 0.2) is 59.6 Å². The zero-order valence-corrected chi connectivity index (χ0v) is 19.1. The van der Waals surface area contributed by atoms with Crippen molar-refractivity contribution in [2.45, 2.75) is 20.0 Å². The van der Waals surface area contributed by atoms with Gasteiger partial charge in [-0.15, -0.1) is 0 Å². The molecule has 0 saturated carbocycles. The number of guanidine groups is 1. The number of nitrogens with zero attached hydrogens (tertiary/aromatic N) is 2. The van der Waals surface area contributed by atoms with E-state index in [0.29, 0.717) is 24.6 Å². The Labute approximate surface area is 184 Å². The van der Waals surface area contributed by atoms with Crippen molar-refractivity contribution in [3.05, 3.63) is 71.3 Å². The summed E-state index contributed by atoms with van der Waals surface area (Å²) in [5.74, 6) is 0.423. The fourth-order valence-corrected chi connectivity index (χ4v) is 3.59. The molecule has 0 aliphatic rings. The molecule has 31 heavy (non-hydrogen) atoms. The summed E-state index contributed by atoms with van der Waals surface area (Å²) < 4.78 is 27.0. The second-order valence-corrected chi connectivity index (χ2v) is 9.07. The lowest BCUT2D eigenvalue weighted by Crippen LogP contribution is -2.41. The number of rotatable bonds is 10. The summed E-state index contributed by atoms with van der Waals surface area (Å²) in [6.07, 6.45) is 0. The minimum Gasteiger partial charge on any atom is -0.357 e. The molecular formula is C22H31N5O3S. The van der Waals surface area contributed by atoms with Gasteiger partial charge in [0.05, 0.1) is 12.3 Å². The van der Waals surface area contributed by atoms with Gasteiger partial charge in [-0.05, 0) is 30.2 Å². The molecule has 1 amide bonds. The first-order valence-corrected chi connectivity index (χ1v) is 11.8. The summed E-state index contributed by atoms with van der Waals surface area (Å²) in [4.78, 5) is 18.0. The van der Waals surface area contributed by atoms with E-state index in [1.165, 1.54) is 4.90 Å². The highest BCUT2D eigenvalue weighted by molar-refractivity contribution is 7.89. The minimum atomic E-state index is -3.41. The molecule has 0 unspecified atom stereocenters. The molecule has 168 valence electrons. The number of carbonyl (C=O) groups is 1. The number of aliphatic imine (C=N–C) groups is 1. The van der Waals surface area contributed by atoms with Crippen LogP contribution in [-0.4, -0.2) is 58.1 Å². The molecule has 0 aliphatic heterocycles. The standard InChI is InChI=1S/C22H31N5O3S/c1-4-23-22(25-16-19-10-12-20(13-11-19)21(28)27(2)3)24-14-15-31(29,30)26-17-18-8-6-5-7-9-18/h5-13,26H,4,14-17H2,1-3H3,(H2,23,24,25). The fraction of sp³-hybridized carbons (Fsp3) is 0.364. The maximum atomic E-state index is 12.2. The Hall–Kier alpha value is -2.91. The van der Waals surface area contributed by atoms with Gasteiger partial charge < -0.3 is 15.5 Å². The lowest BCUT2D eigenvalue weighted by atomic mass is 10.1. The van der Waals surface area contributed by atoms with Crippen LogP contribution in [0.3, 0.4) is 0 Å². The molecule has 0 spiro atoms. The molecule has 9 heteroatoms. The van der Waals surface area contributed by atoms with Crippen LogP contribution in [0.2, 0.25) is 0 Å². The van der Waals surface area contributed by atoms with Gasteiger partial charge in [0.2, 0.25) is 10.0 Å². The van der Waals surface area contributed by atoms with Crippen molar-refractivity contribution in [2.24, 2.45) is 4.99 Å². The number of hydrogen-bond donors (Lipinski definition) is 3. The average molecular weight is 446 g/mol. The predicted molar refractivity (Wildman–Crippen MR) is 124 cm³/mol. The largest absolute Gasteiger partial charge is 0.357 e. The number of benzene rings is 2. The van der Waals surface area contributed by atoms with Crippen molar-refractivity contribution in [3.63, 3.8) is 0 Å². The summed E-state index contributed by atoms with van der Waals surface area (Å²) >= 11 is 0. The monoisotopic (exact) mass is 445 g/mol. The van der Waals surface area contributed by atoms with Gasteiger partial charge in [0.15, 0.2) is 5.96 Å². The fourth-order valence-electron chi connectivity index (χ4n) is 2.69. The highest BCUT2D eigenvalue weighted by Crippen LogP contribution is 2.07. The number of carbonyl (C=O) groups excluding carboxylic acids is 1. The van der Waals surface area contributed by atoms with Crippen molar-refractivity contribution >= 4 is 21.9 Å². The van der Waals surface area contributed by atoms with Crippen LogP contribution in [0.1, 0.15) is 28.4 Å². The van der Waals surface area contributed by atoms with Gasteiger partial charge in [0, 0.05) is 39.3 Å². The maximum absolute atomic E-state index is 12.2. The molecular weight excluding hydrogens is 414 g/mol. The van der Waals surface area contributed by atoms with E-state index in [9.17, 15) is 13.2 Å². The molecule has 2 aromatic rings. The van der Waals surface area contributed by atoms with Crippen molar-refractivity contribution in [1.29, 1.82) is 0 Å². The van der Waals surface area contributed by atoms with Gasteiger partial charge in [-0.25, -0.2) is 18.1 Å². The van der Waals surface area contributed by atoms with E-state index in [4.69, 9.17) is 0 Å². The van der Waals surface area contributed by atoms with Crippen LogP contribution in [0.25, 0.3) is 0 Å². The Kier molecular flexibility index (Phi) is 9.48. The molecule has 0 bridgehead atoms. The lowest BCUT2D eigenvalue weighted by Gasteiger charge is -2.12. The highest BCUT2D eigenvalue weighted by Gasteiger charge is 2.10. The van der Waals surface area contributed by atoms with Crippen molar-refractivity contribution in [1.82, 2.24) is 20.3 Å². The van der Waals surface area contributed by atoms with E-state index < -0.39 is 10.0 Å². The zero-order chi connectivity index (χ0) is 22.7. The SMILES string of the molecule is CCNC(=NCc1ccc(C(=O)N(C)C)cc1)NCCS(=O)(=O)NCc1ccccc1. The molecule has 0 atom stereocenters. The van der Waals surface area contributed by atoms with Gasteiger partial charge in [-0.2, -0.15) is 0 Å². The van der Waals surface area contributed by atoms with Crippen LogP contribution in [0.5, 0.6) is 0 Å². The highest BCUT2D eigenvalue weighted by atomic mass is 32.2. The Morgan fingerprint density at radius 2 is 1.65 bits per heavy atom. The molecule has 0 aliphatic carbocycles. The summed E-state index contributed by atoms with van der Waals surface area (Å²) in [6.45, 7) is 3.50. The third kappa shape index (κ3) is 8.77. The lowest BCUT2D eigenvalue weighted by molar-refractivity contribution is 0.0827. The molecule has 3 N–H and O–H groups in total. The molecule has 0 saturated heterocycles. The quantitative estimate of drug-likeness (QED) is 0.380. The smallest absolute Gasteiger partial charge is 0.253 e. The summed E-state index contributed by atoms with van der Waals surface area (Å²) in [7, 11) is 0.0205. The number of hydrogen-bond acceptors (Lipinski definition) is 4. The number of amides is 1. The van der Waals surface area contributed by atoms with Gasteiger partial charge in [-0.1, -0.05) is 42.5 Å². The van der Waals surface area contributed by atoms with E-state index in [2.05, 4.69) is 20.3 Å². The first-order chi connectivity index (χ1) is 14.8. The van der Waals surface area contributed by atoms with Crippen molar-refractivity contribution in [3.8, 4) is 0 Å². The zero-order valence-electron chi connectivity index (χ0n) is 18.3. The molecule has 0 fully saturated rings. The molecule has 0 aromatic heterocycles. The van der Waals surface area contributed by atoms with Crippen LogP contribution in [0.4, 0.5) is 0 Å². The second-order valence-electron chi connectivity index (χ2n) is 7.14. The van der Waals surface area contributed by atoms with Crippen LogP contribution in [0, 0.1) is 0 Å². The number of sulfonamides is 1. The molecule has 2 rings (SSSR count). The maximum Gasteiger partial charge on any atom is 0.253 e. The van der Waals surface area contributed by atoms with Crippen molar-refractivity contribution in [2.75, 3.05) is 32.9 Å². The van der Waals surface area contributed by atoms with Crippen LogP contribution < -0.4 is 15.4 Å². The predicted octanol–water partition coefficient (Wildman–Crippen LogP) is 1.56.